The maximum Gasteiger partial charge on any atom is 0.240 e. The third kappa shape index (κ3) is 3.11. The molecule has 0 saturated carbocycles. The van der Waals surface area contributed by atoms with Crippen LogP contribution in [0.3, 0.4) is 0 Å². The molecule has 2 aliphatic heterocycles. The molecule has 4 nitrogen and oxygen atoms in total. The van der Waals surface area contributed by atoms with Crippen molar-refractivity contribution in [2.45, 2.75) is 44.9 Å². The summed E-state index contributed by atoms with van der Waals surface area (Å²) in [6, 6.07) is 8.24. The zero-order valence-corrected chi connectivity index (χ0v) is 12.6. The number of nitrogens with one attached hydrogen (secondary N) is 1. The maximum atomic E-state index is 12.6. The van der Waals surface area contributed by atoms with E-state index in [1.54, 1.807) is 0 Å². The molecule has 4 heteroatoms. The van der Waals surface area contributed by atoms with Gasteiger partial charge in [-0.3, -0.25) is 4.79 Å². The Morgan fingerprint density at radius 2 is 1.95 bits per heavy atom. The molecular formula is C17H24N2O2. The van der Waals surface area contributed by atoms with Crippen LogP contribution in [0.1, 0.15) is 30.9 Å². The summed E-state index contributed by atoms with van der Waals surface area (Å²) >= 11 is 0. The van der Waals surface area contributed by atoms with Gasteiger partial charge in [-0.25, -0.2) is 0 Å². The molecule has 0 radical (unpaired) electrons. The molecule has 1 saturated heterocycles. The Hall–Kier alpha value is -1.39. The van der Waals surface area contributed by atoms with Crippen molar-refractivity contribution in [3.05, 3.63) is 35.4 Å². The monoisotopic (exact) mass is 288 g/mol. The first-order valence-electron chi connectivity index (χ1n) is 7.92. The Morgan fingerprint density at radius 1 is 1.29 bits per heavy atom. The number of carbonyl (C=O) groups is 1. The Bertz CT molecular complexity index is 507. The predicted molar refractivity (Wildman–Crippen MR) is 81.8 cm³/mol. The van der Waals surface area contributed by atoms with E-state index >= 15 is 0 Å². The lowest BCUT2D eigenvalue weighted by Gasteiger charge is -2.36. The summed E-state index contributed by atoms with van der Waals surface area (Å²) in [6.07, 6.45) is 2.34. The molecule has 2 aliphatic rings. The number of aliphatic hydroxyl groups excluding tert-OH is 1. The number of amides is 1. The summed E-state index contributed by atoms with van der Waals surface area (Å²) in [5.74, 6) is 0.558. The molecule has 2 heterocycles. The van der Waals surface area contributed by atoms with Crippen molar-refractivity contribution in [3.63, 3.8) is 0 Å². The first-order valence-corrected chi connectivity index (χ1v) is 7.92. The van der Waals surface area contributed by atoms with Crippen LogP contribution >= 0.6 is 0 Å². The number of carbonyl (C=O) groups excluding carboxylic acids is 1. The van der Waals surface area contributed by atoms with Crippen molar-refractivity contribution in [2.75, 3.05) is 13.1 Å². The third-order valence-electron chi connectivity index (χ3n) is 4.91. The largest absolute Gasteiger partial charge is 0.393 e. The number of hydrogen-bond donors (Lipinski definition) is 2. The Kier molecular flexibility index (Phi) is 4.27. The van der Waals surface area contributed by atoms with Crippen LogP contribution in [0.25, 0.3) is 0 Å². The van der Waals surface area contributed by atoms with Crippen molar-refractivity contribution >= 4 is 5.91 Å². The average molecular weight is 288 g/mol. The maximum absolute atomic E-state index is 12.6. The van der Waals surface area contributed by atoms with E-state index in [2.05, 4.69) is 17.4 Å². The van der Waals surface area contributed by atoms with Gasteiger partial charge in [0.05, 0.1) is 12.1 Å². The van der Waals surface area contributed by atoms with Crippen LogP contribution in [0.15, 0.2) is 24.3 Å². The van der Waals surface area contributed by atoms with Crippen LogP contribution in [-0.2, 0) is 17.8 Å². The smallest absolute Gasteiger partial charge is 0.240 e. The van der Waals surface area contributed by atoms with Crippen LogP contribution in [0.4, 0.5) is 0 Å². The second-order valence-electron chi connectivity index (χ2n) is 6.31. The van der Waals surface area contributed by atoms with Gasteiger partial charge in [0.25, 0.3) is 0 Å². The normalized spacial score (nSPS) is 24.5. The van der Waals surface area contributed by atoms with Crippen molar-refractivity contribution in [1.82, 2.24) is 10.2 Å². The zero-order valence-electron chi connectivity index (χ0n) is 12.6. The highest BCUT2D eigenvalue weighted by Crippen LogP contribution is 2.23. The van der Waals surface area contributed by atoms with Gasteiger partial charge < -0.3 is 15.3 Å². The quantitative estimate of drug-likeness (QED) is 0.863. The second kappa shape index (κ2) is 6.16. The summed E-state index contributed by atoms with van der Waals surface area (Å²) in [6.45, 7) is 4.17. The minimum atomic E-state index is -0.262. The van der Waals surface area contributed by atoms with Crippen LogP contribution in [0.2, 0.25) is 0 Å². The Morgan fingerprint density at radius 3 is 2.62 bits per heavy atom. The van der Waals surface area contributed by atoms with Crippen LogP contribution < -0.4 is 5.32 Å². The fourth-order valence-corrected chi connectivity index (χ4v) is 3.45. The topological polar surface area (TPSA) is 52.6 Å². The molecular weight excluding hydrogens is 264 g/mol. The predicted octanol–water partition coefficient (Wildman–Crippen LogP) is 1.32. The Labute approximate surface area is 126 Å². The van der Waals surface area contributed by atoms with E-state index in [0.29, 0.717) is 5.92 Å². The molecule has 114 valence electrons. The Balaban J connectivity index is 1.60. The molecule has 1 aromatic carbocycles. The van der Waals surface area contributed by atoms with Crippen molar-refractivity contribution in [2.24, 2.45) is 5.92 Å². The molecule has 0 spiro atoms. The van der Waals surface area contributed by atoms with Gasteiger partial charge in [0.15, 0.2) is 0 Å². The fourth-order valence-electron chi connectivity index (χ4n) is 3.45. The SMILES string of the molecule is C[C@H](O)C1CCN(C(=O)[C@H]2Cc3ccccc3CN2)CC1. The number of benzene rings is 1. The van der Waals surface area contributed by atoms with Crippen LogP contribution in [-0.4, -0.2) is 41.1 Å². The van der Waals surface area contributed by atoms with Gasteiger partial charge in [0, 0.05) is 19.6 Å². The van der Waals surface area contributed by atoms with Crippen molar-refractivity contribution in [1.29, 1.82) is 0 Å². The molecule has 1 amide bonds. The van der Waals surface area contributed by atoms with E-state index in [4.69, 9.17) is 0 Å². The number of fused-ring (bicyclic) bond motifs is 1. The van der Waals surface area contributed by atoms with Gasteiger partial charge in [-0.05, 0) is 43.2 Å². The van der Waals surface area contributed by atoms with Gasteiger partial charge in [-0.15, -0.1) is 0 Å². The highest BCUT2D eigenvalue weighted by atomic mass is 16.3. The molecule has 3 rings (SSSR count). The molecule has 1 aromatic rings. The highest BCUT2D eigenvalue weighted by molar-refractivity contribution is 5.82. The summed E-state index contributed by atoms with van der Waals surface area (Å²) in [4.78, 5) is 14.6. The summed E-state index contributed by atoms with van der Waals surface area (Å²) in [7, 11) is 0. The summed E-state index contributed by atoms with van der Waals surface area (Å²) < 4.78 is 0. The van der Waals surface area contributed by atoms with E-state index in [9.17, 15) is 9.90 Å². The second-order valence-corrected chi connectivity index (χ2v) is 6.31. The standard InChI is InChI=1S/C17H24N2O2/c1-12(20)13-6-8-19(9-7-13)17(21)16-10-14-4-2-3-5-15(14)11-18-16/h2-5,12-13,16,18,20H,6-11H2,1H3/t12-,16+/m0/s1. The number of likely N-dealkylation sites (tertiary alicyclic amines) is 1. The van der Waals surface area contributed by atoms with Gasteiger partial charge in [-0.2, -0.15) is 0 Å². The molecule has 0 aliphatic carbocycles. The van der Waals surface area contributed by atoms with E-state index in [0.717, 1.165) is 38.9 Å². The lowest BCUT2D eigenvalue weighted by molar-refractivity contribution is -0.135. The van der Waals surface area contributed by atoms with E-state index < -0.39 is 0 Å². The van der Waals surface area contributed by atoms with Crippen molar-refractivity contribution < 1.29 is 9.90 Å². The summed E-state index contributed by atoms with van der Waals surface area (Å²) in [5, 5.41) is 13.0. The molecule has 2 N–H and O–H groups in total. The number of rotatable bonds is 2. The van der Waals surface area contributed by atoms with Gasteiger partial charge >= 0.3 is 0 Å². The summed E-state index contributed by atoms with van der Waals surface area (Å²) in [5.41, 5.74) is 2.59. The van der Waals surface area contributed by atoms with Gasteiger partial charge in [-0.1, -0.05) is 24.3 Å². The number of hydrogen-bond acceptors (Lipinski definition) is 3. The van der Waals surface area contributed by atoms with Crippen LogP contribution in [0.5, 0.6) is 0 Å². The van der Waals surface area contributed by atoms with E-state index in [1.807, 2.05) is 24.0 Å². The van der Waals surface area contributed by atoms with Gasteiger partial charge in [0.2, 0.25) is 5.91 Å². The average Bonchev–Trinajstić information content (AvgIpc) is 2.54. The third-order valence-corrected chi connectivity index (χ3v) is 4.91. The first kappa shape index (κ1) is 14.5. The van der Waals surface area contributed by atoms with Crippen molar-refractivity contribution in [3.8, 4) is 0 Å². The van der Waals surface area contributed by atoms with Gasteiger partial charge in [0.1, 0.15) is 0 Å². The lowest BCUT2D eigenvalue weighted by atomic mass is 9.90. The number of piperidine rings is 1. The zero-order chi connectivity index (χ0) is 14.8. The molecule has 21 heavy (non-hydrogen) atoms. The minimum Gasteiger partial charge on any atom is -0.393 e. The number of nitrogens with zero attached hydrogens (tertiary/aromatic N) is 1. The van der Waals surface area contributed by atoms with E-state index in [1.165, 1.54) is 11.1 Å². The molecule has 0 bridgehead atoms. The molecule has 1 fully saturated rings. The molecule has 2 atom stereocenters. The fraction of sp³-hybridized carbons (Fsp3) is 0.588. The lowest BCUT2D eigenvalue weighted by Crippen LogP contribution is -2.52. The molecule has 0 aromatic heterocycles. The minimum absolute atomic E-state index is 0.0944. The first-order chi connectivity index (χ1) is 10.1. The molecule has 0 unspecified atom stereocenters. The van der Waals surface area contributed by atoms with Crippen LogP contribution in [0, 0.1) is 5.92 Å². The van der Waals surface area contributed by atoms with E-state index in [-0.39, 0.29) is 18.1 Å². The highest BCUT2D eigenvalue weighted by Gasteiger charge is 2.31. The number of aliphatic hydroxyl groups is 1.